The van der Waals surface area contributed by atoms with Gasteiger partial charge in [0.25, 0.3) is 0 Å². The Hall–Kier alpha value is -1.70. The number of aromatic nitrogens is 2. The summed E-state index contributed by atoms with van der Waals surface area (Å²) in [6.45, 7) is 4.50. The van der Waals surface area contributed by atoms with Gasteiger partial charge >= 0.3 is 0 Å². The van der Waals surface area contributed by atoms with Gasteiger partial charge in [0.2, 0.25) is 0 Å². The van der Waals surface area contributed by atoms with Crippen LogP contribution in [0.3, 0.4) is 0 Å². The minimum atomic E-state index is 0.0766. The van der Waals surface area contributed by atoms with Crippen LogP contribution in [0.4, 0.5) is 0 Å². The number of hydrogen-bond acceptors (Lipinski definition) is 2. The van der Waals surface area contributed by atoms with Crippen LogP contribution >= 0.6 is 0 Å². The molecule has 0 saturated carbocycles. The van der Waals surface area contributed by atoms with Crippen molar-refractivity contribution in [2.24, 2.45) is 0 Å². The fraction of sp³-hybridized carbons (Fsp3) is 0.286. The maximum Gasteiger partial charge on any atom is 0.0930 e. The van der Waals surface area contributed by atoms with Crippen LogP contribution in [-0.2, 0) is 5.41 Å². The van der Waals surface area contributed by atoms with Crippen LogP contribution in [0.2, 0.25) is 0 Å². The van der Waals surface area contributed by atoms with Crippen molar-refractivity contribution < 1.29 is 0 Å². The summed E-state index contributed by atoms with van der Waals surface area (Å²) in [6.07, 6.45) is 4.77. The molecule has 0 atom stereocenters. The van der Waals surface area contributed by atoms with E-state index in [1.54, 1.807) is 0 Å². The van der Waals surface area contributed by atoms with Crippen LogP contribution in [0, 0.1) is 0 Å². The standard InChI is InChI=1S/C14H14N2/c1-3-14(2)10-6-4-8-15-12(10)13-11(14)7-5-9-16-13/h4-9H,3H2,1-2H3. The van der Waals surface area contributed by atoms with E-state index < -0.39 is 0 Å². The van der Waals surface area contributed by atoms with Crippen molar-refractivity contribution in [2.45, 2.75) is 25.7 Å². The Morgan fingerprint density at radius 3 is 1.94 bits per heavy atom. The predicted molar refractivity (Wildman–Crippen MR) is 64.2 cm³/mol. The van der Waals surface area contributed by atoms with Gasteiger partial charge in [-0.05, 0) is 29.7 Å². The van der Waals surface area contributed by atoms with Gasteiger partial charge in [0.15, 0.2) is 0 Å². The molecule has 0 spiro atoms. The summed E-state index contributed by atoms with van der Waals surface area (Å²) in [6, 6.07) is 8.37. The van der Waals surface area contributed by atoms with Crippen LogP contribution in [0.15, 0.2) is 36.7 Å². The molecule has 2 aromatic rings. The molecular weight excluding hydrogens is 196 g/mol. The van der Waals surface area contributed by atoms with Crippen molar-refractivity contribution in [1.29, 1.82) is 0 Å². The van der Waals surface area contributed by atoms with Gasteiger partial charge in [0, 0.05) is 17.8 Å². The van der Waals surface area contributed by atoms with Gasteiger partial charge in [0.1, 0.15) is 0 Å². The van der Waals surface area contributed by atoms with Crippen molar-refractivity contribution in [3.8, 4) is 11.4 Å². The highest BCUT2D eigenvalue weighted by molar-refractivity contribution is 5.74. The average Bonchev–Trinajstić information content (AvgIpc) is 2.62. The maximum atomic E-state index is 4.48. The lowest BCUT2D eigenvalue weighted by Crippen LogP contribution is -2.19. The van der Waals surface area contributed by atoms with E-state index in [4.69, 9.17) is 0 Å². The van der Waals surface area contributed by atoms with Gasteiger partial charge in [-0.25, -0.2) is 0 Å². The van der Waals surface area contributed by atoms with E-state index in [0.717, 1.165) is 17.8 Å². The Morgan fingerprint density at radius 1 is 1.00 bits per heavy atom. The first-order valence-corrected chi connectivity index (χ1v) is 5.68. The van der Waals surface area contributed by atoms with Crippen molar-refractivity contribution in [1.82, 2.24) is 9.97 Å². The van der Waals surface area contributed by atoms with E-state index >= 15 is 0 Å². The number of nitrogens with zero attached hydrogens (tertiary/aromatic N) is 2. The van der Waals surface area contributed by atoms with E-state index in [-0.39, 0.29) is 5.41 Å². The second-order valence-corrected chi connectivity index (χ2v) is 4.48. The molecule has 0 fully saturated rings. The molecule has 0 saturated heterocycles. The summed E-state index contributed by atoms with van der Waals surface area (Å²) < 4.78 is 0. The topological polar surface area (TPSA) is 25.8 Å². The first-order valence-electron chi connectivity index (χ1n) is 5.68. The summed E-state index contributed by atoms with van der Waals surface area (Å²) in [5, 5.41) is 0. The number of hydrogen-bond donors (Lipinski definition) is 0. The molecule has 2 nitrogen and oxygen atoms in total. The zero-order valence-electron chi connectivity index (χ0n) is 9.57. The molecule has 2 aromatic heterocycles. The molecule has 80 valence electrons. The third-order valence-electron chi connectivity index (χ3n) is 3.74. The van der Waals surface area contributed by atoms with Crippen LogP contribution < -0.4 is 0 Å². The lowest BCUT2D eigenvalue weighted by atomic mass is 9.79. The fourth-order valence-corrected chi connectivity index (χ4v) is 2.60. The smallest absolute Gasteiger partial charge is 0.0930 e. The average molecular weight is 210 g/mol. The van der Waals surface area contributed by atoms with Crippen molar-refractivity contribution in [3.63, 3.8) is 0 Å². The molecular formula is C14H14N2. The van der Waals surface area contributed by atoms with Gasteiger partial charge in [0.05, 0.1) is 11.4 Å². The van der Waals surface area contributed by atoms with Gasteiger partial charge in [-0.1, -0.05) is 26.0 Å². The van der Waals surface area contributed by atoms with Crippen LogP contribution in [0.1, 0.15) is 31.4 Å². The molecule has 2 heteroatoms. The third-order valence-corrected chi connectivity index (χ3v) is 3.74. The molecule has 0 aromatic carbocycles. The highest BCUT2D eigenvalue weighted by Crippen LogP contribution is 2.48. The molecule has 2 heterocycles. The highest BCUT2D eigenvalue weighted by Gasteiger charge is 2.39. The minimum Gasteiger partial charge on any atom is -0.254 e. The first kappa shape index (κ1) is 9.52. The minimum absolute atomic E-state index is 0.0766. The maximum absolute atomic E-state index is 4.48. The summed E-state index contributed by atoms with van der Waals surface area (Å²) in [5.41, 5.74) is 4.81. The Kier molecular flexibility index (Phi) is 1.87. The van der Waals surface area contributed by atoms with Crippen molar-refractivity contribution in [3.05, 3.63) is 47.8 Å². The molecule has 1 aliphatic carbocycles. The number of fused-ring (bicyclic) bond motifs is 3. The Morgan fingerprint density at radius 2 is 1.50 bits per heavy atom. The fourth-order valence-electron chi connectivity index (χ4n) is 2.60. The number of rotatable bonds is 1. The molecule has 0 bridgehead atoms. The van der Waals surface area contributed by atoms with Crippen molar-refractivity contribution >= 4 is 0 Å². The quantitative estimate of drug-likeness (QED) is 0.722. The second-order valence-electron chi connectivity index (χ2n) is 4.48. The molecule has 0 amide bonds. The lowest BCUT2D eigenvalue weighted by Gasteiger charge is -2.24. The van der Waals surface area contributed by atoms with E-state index in [2.05, 4.69) is 35.9 Å². The third kappa shape index (κ3) is 1.02. The van der Waals surface area contributed by atoms with Crippen LogP contribution in [0.5, 0.6) is 0 Å². The molecule has 1 aliphatic rings. The predicted octanol–water partition coefficient (Wildman–Crippen LogP) is 3.17. The summed E-state index contributed by atoms with van der Waals surface area (Å²) in [7, 11) is 0. The van der Waals surface area contributed by atoms with E-state index in [0.29, 0.717) is 0 Å². The van der Waals surface area contributed by atoms with Crippen LogP contribution in [0.25, 0.3) is 11.4 Å². The van der Waals surface area contributed by atoms with Crippen molar-refractivity contribution in [2.75, 3.05) is 0 Å². The van der Waals surface area contributed by atoms with Gasteiger partial charge in [-0.3, -0.25) is 9.97 Å². The normalized spacial score (nSPS) is 15.6. The molecule has 0 aliphatic heterocycles. The Balaban J connectivity index is 2.39. The monoisotopic (exact) mass is 210 g/mol. The van der Waals surface area contributed by atoms with Crippen LogP contribution in [-0.4, -0.2) is 9.97 Å². The summed E-state index contributed by atoms with van der Waals surface area (Å²) in [4.78, 5) is 8.96. The molecule has 0 unspecified atom stereocenters. The number of pyridine rings is 2. The molecule has 0 radical (unpaired) electrons. The molecule has 16 heavy (non-hydrogen) atoms. The SMILES string of the molecule is CCC1(C)c2cccnc2-c2ncccc21. The first-order chi connectivity index (χ1) is 7.77. The van der Waals surface area contributed by atoms with E-state index in [1.165, 1.54) is 11.1 Å². The Labute approximate surface area is 95.4 Å². The van der Waals surface area contributed by atoms with E-state index in [1.807, 2.05) is 24.5 Å². The van der Waals surface area contributed by atoms with Gasteiger partial charge in [-0.2, -0.15) is 0 Å². The van der Waals surface area contributed by atoms with Gasteiger partial charge in [-0.15, -0.1) is 0 Å². The lowest BCUT2D eigenvalue weighted by molar-refractivity contribution is 0.563. The summed E-state index contributed by atoms with van der Waals surface area (Å²) in [5.74, 6) is 0. The molecule has 0 N–H and O–H groups in total. The second kappa shape index (κ2) is 3.14. The molecule has 3 rings (SSSR count). The largest absolute Gasteiger partial charge is 0.254 e. The summed E-state index contributed by atoms with van der Waals surface area (Å²) >= 11 is 0. The van der Waals surface area contributed by atoms with E-state index in [9.17, 15) is 0 Å². The Bertz CT molecular complexity index is 500. The highest BCUT2D eigenvalue weighted by atomic mass is 14.8. The zero-order chi connectivity index (χ0) is 11.2. The zero-order valence-corrected chi connectivity index (χ0v) is 9.57. The van der Waals surface area contributed by atoms with Gasteiger partial charge < -0.3 is 0 Å².